The summed E-state index contributed by atoms with van der Waals surface area (Å²) in [6, 6.07) is 10.9. The molecule has 15 heavy (non-hydrogen) atoms. The van der Waals surface area contributed by atoms with Gasteiger partial charge in [-0.05, 0) is 49.8 Å². The quantitative estimate of drug-likeness (QED) is 0.795. The minimum atomic E-state index is 0.705. The predicted molar refractivity (Wildman–Crippen MR) is 65.1 cm³/mol. The van der Waals surface area contributed by atoms with E-state index in [2.05, 4.69) is 42.6 Å². The third-order valence-electron chi connectivity index (χ3n) is 3.45. The van der Waals surface area contributed by atoms with E-state index in [0.29, 0.717) is 5.92 Å². The first kappa shape index (κ1) is 10.7. The molecule has 0 aliphatic carbocycles. The summed E-state index contributed by atoms with van der Waals surface area (Å²) in [6.07, 6.45) is 4.09. The number of rotatable bonds is 3. The first-order valence-corrected chi connectivity index (χ1v) is 6.12. The van der Waals surface area contributed by atoms with Crippen LogP contribution in [0.25, 0.3) is 0 Å². The maximum atomic E-state index is 3.49. The Labute approximate surface area is 92.9 Å². The molecule has 2 atom stereocenters. The molecule has 0 saturated carbocycles. The molecule has 0 unspecified atom stereocenters. The van der Waals surface area contributed by atoms with Crippen molar-refractivity contribution in [1.82, 2.24) is 5.32 Å². The lowest BCUT2D eigenvalue weighted by molar-refractivity contribution is 0.340. The fraction of sp³-hybridized carbons (Fsp3) is 0.571. The summed E-state index contributed by atoms with van der Waals surface area (Å²) in [7, 11) is 0. The fourth-order valence-corrected chi connectivity index (χ4v) is 2.54. The van der Waals surface area contributed by atoms with Crippen molar-refractivity contribution < 1.29 is 0 Å². The largest absolute Gasteiger partial charge is 0.316 e. The zero-order chi connectivity index (χ0) is 10.5. The van der Waals surface area contributed by atoms with Crippen LogP contribution in [0.3, 0.4) is 0 Å². The van der Waals surface area contributed by atoms with Crippen LogP contribution >= 0.6 is 0 Å². The van der Waals surface area contributed by atoms with Gasteiger partial charge in [0.2, 0.25) is 0 Å². The summed E-state index contributed by atoms with van der Waals surface area (Å²) < 4.78 is 0. The molecule has 1 heterocycles. The highest BCUT2D eigenvalue weighted by molar-refractivity contribution is 5.18. The normalized spacial score (nSPS) is 23.7. The number of benzene rings is 1. The Morgan fingerprint density at radius 2 is 2.13 bits per heavy atom. The standard InChI is InChI=1S/C14H21N/c1-12(14-7-3-2-4-8-14)10-13-6-5-9-15-11-13/h2-4,7-8,12-13,15H,5-6,9-11H2,1H3/t12-,13+/m1/s1. The smallest absolute Gasteiger partial charge is 0.00203 e. The third kappa shape index (κ3) is 3.07. The summed E-state index contributed by atoms with van der Waals surface area (Å²) in [6.45, 7) is 4.79. The van der Waals surface area contributed by atoms with Crippen molar-refractivity contribution in [3.05, 3.63) is 35.9 Å². The van der Waals surface area contributed by atoms with Crippen molar-refractivity contribution in [2.45, 2.75) is 32.1 Å². The molecule has 0 amide bonds. The van der Waals surface area contributed by atoms with Gasteiger partial charge in [0.25, 0.3) is 0 Å². The van der Waals surface area contributed by atoms with Crippen molar-refractivity contribution >= 4 is 0 Å². The second-order valence-electron chi connectivity index (χ2n) is 4.76. The van der Waals surface area contributed by atoms with Crippen LogP contribution in [0.5, 0.6) is 0 Å². The van der Waals surface area contributed by atoms with Crippen molar-refractivity contribution in [2.24, 2.45) is 5.92 Å². The van der Waals surface area contributed by atoms with Crippen LogP contribution in [0.1, 0.15) is 37.7 Å². The Balaban J connectivity index is 1.88. The molecule has 0 spiro atoms. The zero-order valence-corrected chi connectivity index (χ0v) is 9.58. The molecular weight excluding hydrogens is 182 g/mol. The number of piperidine rings is 1. The summed E-state index contributed by atoms with van der Waals surface area (Å²) in [4.78, 5) is 0. The van der Waals surface area contributed by atoms with Crippen LogP contribution in [0.15, 0.2) is 30.3 Å². The molecular formula is C14H21N. The van der Waals surface area contributed by atoms with E-state index in [-0.39, 0.29) is 0 Å². The zero-order valence-electron chi connectivity index (χ0n) is 9.58. The average molecular weight is 203 g/mol. The molecule has 82 valence electrons. The fourth-order valence-electron chi connectivity index (χ4n) is 2.54. The van der Waals surface area contributed by atoms with Crippen molar-refractivity contribution in [3.63, 3.8) is 0 Å². The van der Waals surface area contributed by atoms with Gasteiger partial charge in [-0.25, -0.2) is 0 Å². The van der Waals surface area contributed by atoms with Crippen LogP contribution < -0.4 is 5.32 Å². The van der Waals surface area contributed by atoms with Gasteiger partial charge in [-0.1, -0.05) is 37.3 Å². The van der Waals surface area contributed by atoms with Crippen molar-refractivity contribution in [3.8, 4) is 0 Å². The highest BCUT2D eigenvalue weighted by Gasteiger charge is 2.16. The van der Waals surface area contributed by atoms with E-state index in [0.717, 1.165) is 5.92 Å². The highest BCUT2D eigenvalue weighted by atomic mass is 14.9. The molecule has 2 rings (SSSR count). The predicted octanol–water partition coefficient (Wildman–Crippen LogP) is 3.18. The SMILES string of the molecule is C[C@H](C[C@@H]1CCCNC1)c1ccccc1. The number of nitrogens with one attached hydrogen (secondary N) is 1. The molecule has 0 aromatic heterocycles. The van der Waals surface area contributed by atoms with Gasteiger partial charge in [0, 0.05) is 0 Å². The summed E-state index contributed by atoms with van der Waals surface area (Å²) in [5.41, 5.74) is 1.49. The lowest BCUT2D eigenvalue weighted by Gasteiger charge is -2.25. The first-order chi connectivity index (χ1) is 7.36. The summed E-state index contributed by atoms with van der Waals surface area (Å²) in [5, 5.41) is 3.49. The Bertz CT molecular complexity index is 275. The van der Waals surface area contributed by atoms with Crippen LogP contribution in [-0.4, -0.2) is 13.1 Å². The summed E-state index contributed by atoms with van der Waals surface area (Å²) in [5.74, 6) is 1.59. The average Bonchev–Trinajstić information content (AvgIpc) is 2.31. The van der Waals surface area contributed by atoms with E-state index in [9.17, 15) is 0 Å². The van der Waals surface area contributed by atoms with Gasteiger partial charge in [0.1, 0.15) is 0 Å². The van der Waals surface area contributed by atoms with Crippen molar-refractivity contribution in [1.29, 1.82) is 0 Å². The molecule has 1 aromatic rings. The molecule has 0 radical (unpaired) electrons. The van der Waals surface area contributed by atoms with Crippen molar-refractivity contribution in [2.75, 3.05) is 13.1 Å². The molecule has 1 aromatic carbocycles. The minimum Gasteiger partial charge on any atom is -0.316 e. The lowest BCUT2D eigenvalue weighted by Crippen LogP contribution is -2.30. The van der Waals surface area contributed by atoms with Gasteiger partial charge in [-0.2, -0.15) is 0 Å². The van der Waals surface area contributed by atoms with Gasteiger partial charge >= 0.3 is 0 Å². The van der Waals surface area contributed by atoms with Gasteiger partial charge < -0.3 is 5.32 Å². The molecule has 1 N–H and O–H groups in total. The van der Waals surface area contributed by atoms with E-state index < -0.39 is 0 Å². The topological polar surface area (TPSA) is 12.0 Å². The van der Waals surface area contributed by atoms with Gasteiger partial charge in [-0.3, -0.25) is 0 Å². The van der Waals surface area contributed by atoms with Crippen LogP contribution in [0, 0.1) is 5.92 Å². The second kappa shape index (κ2) is 5.32. The molecule has 1 saturated heterocycles. The molecule has 1 aliphatic rings. The second-order valence-corrected chi connectivity index (χ2v) is 4.76. The molecule has 1 fully saturated rings. The Hall–Kier alpha value is -0.820. The monoisotopic (exact) mass is 203 g/mol. The van der Waals surface area contributed by atoms with Crippen LogP contribution in [-0.2, 0) is 0 Å². The maximum Gasteiger partial charge on any atom is -0.00203 e. The molecule has 1 aliphatic heterocycles. The van der Waals surface area contributed by atoms with E-state index in [1.807, 2.05) is 0 Å². The Kier molecular flexibility index (Phi) is 3.79. The number of hydrogen-bond acceptors (Lipinski definition) is 1. The Morgan fingerprint density at radius 1 is 1.33 bits per heavy atom. The third-order valence-corrected chi connectivity index (χ3v) is 3.45. The molecule has 0 bridgehead atoms. The first-order valence-electron chi connectivity index (χ1n) is 6.12. The molecule has 1 heteroatoms. The van der Waals surface area contributed by atoms with Crippen LogP contribution in [0.4, 0.5) is 0 Å². The van der Waals surface area contributed by atoms with Gasteiger partial charge in [-0.15, -0.1) is 0 Å². The van der Waals surface area contributed by atoms with E-state index >= 15 is 0 Å². The minimum absolute atomic E-state index is 0.705. The van der Waals surface area contributed by atoms with E-state index in [4.69, 9.17) is 0 Å². The maximum absolute atomic E-state index is 3.49. The van der Waals surface area contributed by atoms with Crippen LogP contribution in [0.2, 0.25) is 0 Å². The summed E-state index contributed by atoms with van der Waals surface area (Å²) >= 11 is 0. The highest BCUT2D eigenvalue weighted by Crippen LogP contribution is 2.26. The number of hydrogen-bond donors (Lipinski definition) is 1. The van der Waals surface area contributed by atoms with Gasteiger partial charge in [0.05, 0.1) is 0 Å². The van der Waals surface area contributed by atoms with Gasteiger partial charge in [0.15, 0.2) is 0 Å². The van der Waals surface area contributed by atoms with E-state index in [1.165, 1.54) is 37.9 Å². The lowest BCUT2D eigenvalue weighted by atomic mass is 9.86. The van der Waals surface area contributed by atoms with E-state index in [1.54, 1.807) is 0 Å². The molecule has 1 nitrogen and oxygen atoms in total. The Morgan fingerprint density at radius 3 is 2.80 bits per heavy atom.